The Kier molecular flexibility index (Phi) is 10.7. The van der Waals surface area contributed by atoms with Crippen molar-refractivity contribution in [1.82, 2.24) is 20.6 Å². The Morgan fingerprint density at radius 3 is 2.18 bits per heavy atom. The van der Waals surface area contributed by atoms with Gasteiger partial charge in [-0.2, -0.15) is 5.21 Å². The van der Waals surface area contributed by atoms with Crippen LogP contribution in [0.3, 0.4) is 0 Å². The highest BCUT2D eigenvalue weighted by molar-refractivity contribution is 5.93. The molecule has 0 aliphatic heterocycles. The minimum absolute atomic E-state index is 0.0322. The Morgan fingerprint density at radius 1 is 0.912 bits per heavy atom. The number of amides is 1. The average molecular weight is 468 g/mol. The van der Waals surface area contributed by atoms with E-state index in [2.05, 4.69) is 32.9 Å². The molecule has 0 fully saturated rings. The maximum atomic E-state index is 12.5. The molecule has 34 heavy (non-hydrogen) atoms. The Hall–Kier alpha value is -3.03. The molecule has 0 aliphatic carbocycles. The van der Waals surface area contributed by atoms with E-state index in [9.17, 15) is 9.59 Å². The average Bonchev–Trinajstić information content (AvgIpc) is 3.37. The predicted molar refractivity (Wildman–Crippen MR) is 135 cm³/mol. The van der Waals surface area contributed by atoms with Crippen molar-refractivity contribution in [3.63, 3.8) is 0 Å². The Balaban J connectivity index is 1.31. The van der Waals surface area contributed by atoms with Crippen molar-refractivity contribution >= 4 is 22.6 Å². The van der Waals surface area contributed by atoms with Crippen LogP contribution >= 0.6 is 0 Å². The number of aromatic amines is 1. The van der Waals surface area contributed by atoms with Gasteiger partial charge >= 0.3 is 0 Å². The Morgan fingerprint density at radius 2 is 1.56 bits per heavy atom. The van der Waals surface area contributed by atoms with Gasteiger partial charge in [0.05, 0.1) is 5.39 Å². The van der Waals surface area contributed by atoms with E-state index in [-0.39, 0.29) is 22.9 Å². The monoisotopic (exact) mass is 467 g/mol. The normalized spacial score (nSPS) is 11.2. The van der Waals surface area contributed by atoms with Crippen molar-refractivity contribution in [3.8, 4) is 11.6 Å². The van der Waals surface area contributed by atoms with E-state index in [1.165, 1.54) is 76.7 Å². The van der Waals surface area contributed by atoms with E-state index in [1.54, 1.807) is 18.2 Å². The van der Waals surface area contributed by atoms with Gasteiger partial charge in [-0.05, 0) is 29.8 Å². The highest BCUT2D eigenvalue weighted by Crippen LogP contribution is 2.21. The molecule has 0 bridgehead atoms. The number of nitrogens with zero attached hydrogens (tertiary/aromatic N) is 3. The SMILES string of the molecule is CCCCCCCCCCCCCCCC(=O)Nc1ccc2oc(-c3nn[nH]n3)cc(=O)c2c1. The van der Waals surface area contributed by atoms with Gasteiger partial charge in [0.2, 0.25) is 11.7 Å². The summed E-state index contributed by atoms with van der Waals surface area (Å²) in [6, 6.07) is 6.36. The molecule has 0 unspecified atom stereocenters. The topological polar surface area (TPSA) is 114 Å². The van der Waals surface area contributed by atoms with Crippen LogP contribution in [0.2, 0.25) is 0 Å². The number of unbranched alkanes of at least 4 members (excludes halogenated alkanes) is 12. The van der Waals surface area contributed by atoms with Crippen LogP contribution in [-0.2, 0) is 4.79 Å². The molecule has 3 rings (SSSR count). The van der Waals surface area contributed by atoms with Crippen molar-refractivity contribution in [2.24, 2.45) is 0 Å². The van der Waals surface area contributed by atoms with Crippen molar-refractivity contribution in [2.45, 2.75) is 96.8 Å². The maximum absolute atomic E-state index is 12.5. The zero-order valence-electron chi connectivity index (χ0n) is 20.3. The van der Waals surface area contributed by atoms with Gasteiger partial charge in [-0.15, -0.1) is 10.2 Å². The van der Waals surface area contributed by atoms with Gasteiger partial charge in [-0.1, -0.05) is 84.0 Å². The van der Waals surface area contributed by atoms with E-state index in [0.717, 1.165) is 12.8 Å². The molecule has 0 saturated carbocycles. The van der Waals surface area contributed by atoms with E-state index in [1.807, 2.05) is 0 Å². The fourth-order valence-corrected chi connectivity index (χ4v) is 4.14. The van der Waals surface area contributed by atoms with Crippen LogP contribution in [0.5, 0.6) is 0 Å². The molecule has 0 atom stereocenters. The maximum Gasteiger partial charge on any atom is 0.239 e. The molecule has 1 amide bonds. The van der Waals surface area contributed by atoms with Crippen LogP contribution in [0.1, 0.15) is 96.8 Å². The molecular formula is C26H37N5O3. The van der Waals surface area contributed by atoms with Crippen LogP contribution in [0, 0.1) is 0 Å². The quantitative estimate of drug-likeness (QED) is 0.236. The minimum Gasteiger partial charge on any atom is -0.452 e. The summed E-state index contributed by atoms with van der Waals surface area (Å²) in [5.41, 5.74) is 0.766. The third-order valence-electron chi connectivity index (χ3n) is 6.08. The number of H-pyrrole nitrogens is 1. The van der Waals surface area contributed by atoms with E-state index >= 15 is 0 Å². The van der Waals surface area contributed by atoms with Gasteiger partial charge in [0, 0.05) is 18.2 Å². The van der Waals surface area contributed by atoms with E-state index in [4.69, 9.17) is 4.42 Å². The molecule has 3 aromatic rings. The van der Waals surface area contributed by atoms with Crippen LogP contribution in [0.25, 0.3) is 22.6 Å². The highest BCUT2D eigenvalue weighted by Gasteiger charge is 2.11. The highest BCUT2D eigenvalue weighted by atomic mass is 16.3. The third-order valence-corrected chi connectivity index (χ3v) is 6.08. The van der Waals surface area contributed by atoms with Gasteiger partial charge in [-0.3, -0.25) is 9.59 Å². The number of hydrogen-bond acceptors (Lipinski definition) is 6. The molecule has 8 heteroatoms. The number of carbonyl (C=O) groups is 1. The smallest absolute Gasteiger partial charge is 0.239 e. The summed E-state index contributed by atoms with van der Waals surface area (Å²) < 4.78 is 5.70. The van der Waals surface area contributed by atoms with Gasteiger partial charge in [0.15, 0.2) is 11.2 Å². The minimum atomic E-state index is -0.228. The number of hydrogen-bond donors (Lipinski definition) is 2. The number of carbonyl (C=O) groups excluding carboxylic acids is 1. The number of benzene rings is 1. The number of anilines is 1. The summed E-state index contributed by atoms with van der Waals surface area (Å²) in [6.45, 7) is 2.26. The fourth-order valence-electron chi connectivity index (χ4n) is 4.14. The van der Waals surface area contributed by atoms with Gasteiger partial charge in [-0.25, -0.2) is 0 Å². The number of aromatic nitrogens is 4. The van der Waals surface area contributed by atoms with Crippen molar-refractivity contribution in [3.05, 3.63) is 34.5 Å². The standard InChI is InChI=1S/C26H37N5O3/c1-2-3-4-5-6-7-8-9-10-11-12-13-14-15-25(33)27-20-16-17-23-21(18-20)22(32)19-24(34-23)26-28-30-31-29-26/h16-19H,2-15H2,1H3,(H,27,33)(H,28,29,30,31). The number of rotatable bonds is 16. The molecule has 0 saturated heterocycles. The molecule has 2 aromatic heterocycles. The molecule has 184 valence electrons. The zero-order valence-corrected chi connectivity index (χ0v) is 20.3. The number of fused-ring (bicyclic) bond motifs is 1. The summed E-state index contributed by atoms with van der Waals surface area (Å²) in [4.78, 5) is 24.8. The predicted octanol–water partition coefficient (Wildman–Crippen LogP) is 6.39. The van der Waals surface area contributed by atoms with Gasteiger partial charge < -0.3 is 9.73 Å². The largest absolute Gasteiger partial charge is 0.452 e. The first-order valence-electron chi connectivity index (χ1n) is 12.8. The first-order valence-corrected chi connectivity index (χ1v) is 12.8. The van der Waals surface area contributed by atoms with Gasteiger partial charge in [0.25, 0.3) is 0 Å². The number of tetrazole rings is 1. The van der Waals surface area contributed by atoms with Gasteiger partial charge in [0.1, 0.15) is 5.58 Å². The first-order chi connectivity index (χ1) is 16.7. The summed E-state index contributed by atoms with van der Waals surface area (Å²) >= 11 is 0. The summed E-state index contributed by atoms with van der Waals surface area (Å²) in [7, 11) is 0. The lowest BCUT2D eigenvalue weighted by Gasteiger charge is -2.07. The lowest BCUT2D eigenvalue weighted by atomic mass is 10.0. The summed E-state index contributed by atoms with van der Waals surface area (Å²) in [6.07, 6.45) is 17.1. The van der Waals surface area contributed by atoms with Crippen LogP contribution < -0.4 is 10.7 Å². The second-order valence-electron chi connectivity index (χ2n) is 8.96. The Labute approximate surface area is 200 Å². The first kappa shape index (κ1) is 25.6. The lowest BCUT2D eigenvalue weighted by Crippen LogP contribution is -2.11. The molecule has 2 heterocycles. The molecular weight excluding hydrogens is 430 g/mol. The van der Waals surface area contributed by atoms with Crippen molar-refractivity contribution in [2.75, 3.05) is 5.32 Å². The number of nitrogens with one attached hydrogen (secondary N) is 2. The fraction of sp³-hybridized carbons (Fsp3) is 0.577. The molecule has 0 spiro atoms. The van der Waals surface area contributed by atoms with Crippen LogP contribution in [0.15, 0.2) is 33.5 Å². The second-order valence-corrected chi connectivity index (χ2v) is 8.96. The summed E-state index contributed by atoms with van der Waals surface area (Å²) in [5, 5.41) is 16.7. The van der Waals surface area contributed by atoms with E-state index < -0.39 is 0 Å². The summed E-state index contributed by atoms with van der Waals surface area (Å²) in [5.74, 6) is 0.426. The third kappa shape index (κ3) is 8.39. The molecule has 0 aliphatic rings. The molecule has 0 radical (unpaired) electrons. The van der Waals surface area contributed by atoms with Crippen molar-refractivity contribution in [1.29, 1.82) is 0 Å². The molecule has 2 N–H and O–H groups in total. The van der Waals surface area contributed by atoms with Crippen molar-refractivity contribution < 1.29 is 9.21 Å². The van der Waals surface area contributed by atoms with E-state index in [0.29, 0.717) is 23.1 Å². The van der Waals surface area contributed by atoms with Crippen LogP contribution in [0.4, 0.5) is 5.69 Å². The Bertz CT molecular complexity index is 1060. The lowest BCUT2D eigenvalue weighted by molar-refractivity contribution is -0.116. The zero-order chi connectivity index (χ0) is 24.0. The second kappa shape index (κ2) is 14.3. The van der Waals surface area contributed by atoms with Crippen LogP contribution in [-0.4, -0.2) is 26.5 Å². The molecule has 1 aromatic carbocycles. The molecule has 8 nitrogen and oxygen atoms in total.